The highest BCUT2D eigenvalue weighted by molar-refractivity contribution is 6.29. The van der Waals surface area contributed by atoms with Gasteiger partial charge in [-0.25, -0.2) is 4.98 Å². The van der Waals surface area contributed by atoms with Crippen LogP contribution in [-0.4, -0.2) is 16.1 Å². The fraction of sp³-hybridized carbons (Fsp3) is 0.273. The smallest absolute Gasteiger partial charge is 0.303 e. The summed E-state index contributed by atoms with van der Waals surface area (Å²) in [6.45, 7) is 0. The van der Waals surface area contributed by atoms with Crippen LogP contribution in [0.2, 0.25) is 5.15 Å². The topological polar surface area (TPSA) is 50.2 Å². The molecule has 1 rings (SSSR count). The number of nitrogens with zero attached hydrogens (tertiary/aromatic N) is 1. The fourth-order valence-electron chi connectivity index (χ4n) is 0.942. The standard InChI is InChI=1S/C11H10ClNO2/c12-10-7-6-9(8-13-10)4-2-1-3-5-11(14)15/h6-8H,1,3,5H2,(H,14,15). The lowest BCUT2D eigenvalue weighted by molar-refractivity contribution is -0.137. The van der Waals surface area contributed by atoms with Crippen molar-refractivity contribution in [2.75, 3.05) is 0 Å². The highest BCUT2D eigenvalue weighted by atomic mass is 35.5. The average molecular weight is 224 g/mol. The van der Waals surface area contributed by atoms with Crippen LogP contribution in [0.3, 0.4) is 0 Å². The minimum absolute atomic E-state index is 0.160. The maximum absolute atomic E-state index is 10.2. The predicted molar refractivity (Wildman–Crippen MR) is 57.6 cm³/mol. The Balaban J connectivity index is 2.38. The monoisotopic (exact) mass is 223 g/mol. The fourth-order valence-corrected chi connectivity index (χ4v) is 1.05. The first-order chi connectivity index (χ1) is 7.18. The first kappa shape index (κ1) is 11.5. The third kappa shape index (κ3) is 5.04. The van der Waals surface area contributed by atoms with E-state index in [1.165, 1.54) is 0 Å². The van der Waals surface area contributed by atoms with E-state index >= 15 is 0 Å². The molecule has 0 spiro atoms. The zero-order valence-electron chi connectivity index (χ0n) is 8.03. The van der Waals surface area contributed by atoms with Gasteiger partial charge in [-0.15, -0.1) is 0 Å². The van der Waals surface area contributed by atoms with Gasteiger partial charge in [-0.3, -0.25) is 4.79 Å². The van der Waals surface area contributed by atoms with E-state index in [0.29, 0.717) is 18.0 Å². The molecule has 0 aliphatic heterocycles. The number of aliphatic carboxylic acids is 1. The normalized spacial score (nSPS) is 9.13. The third-order valence-electron chi connectivity index (χ3n) is 1.65. The van der Waals surface area contributed by atoms with Gasteiger partial charge in [0.25, 0.3) is 0 Å². The van der Waals surface area contributed by atoms with Crippen molar-refractivity contribution in [2.45, 2.75) is 19.3 Å². The summed E-state index contributed by atoms with van der Waals surface area (Å²) in [4.78, 5) is 14.1. The number of carboxylic acids is 1. The van der Waals surface area contributed by atoms with Crippen LogP contribution in [0.1, 0.15) is 24.8 Å². The molecule has 1 N–H and O–H groups in total. The van der Waals surface area contributed by atoms with Gasteiger partial charge in [0.05, 0.1) is 0 Å². The number of rotatable bonds is 3. The molecule has 0 saturated heterocycles. The first-order valence-corrected chi connectivity index (χ1v) is 4.88. The quantitative estimate of drug-likeness (QED) is 0.486. The summed E-state index contributed by atoms with van der Waals surface area (Å²) < 4.78 is 0. The number of hydrogen-bond acceptors (Lipinski definition) is 2. The Labute approximate surface area is 93.1 Å². The molecular weight excluding hydrogens is 214 g/mol. The van der Waals surface area contributed by atoms with Gasteiger partial charge in [0.1, 0.15) is 5.15 Å². The van der Waals surface area contributed by atoms with E-state index < -0.39 is 5.97 Å². The number of carboxylic acid groups (broad SMARTS) is 1. The first-order valence-electron chi connectivity index (χ1n) is 4.50. The summed E-state index contributed by atoms with van der Waals surface area (Å²) in [5.74, 6) is 4.97. The van der Waals surface area contributed by atoms with Crippen molar-refractivity contribution in [3.8, 4) is 11.8 Å². The lowest BCUT2D eigenvalue weighted by Gasteiger charge is -1.90. The molecule has 1 heterocycles. The number of pyridine rings is 1. The van der Waals surface area contributed by atoms with Gasteiger partial charge in [0.2, 0.25) is 0 Å². The van der Waals surface area contributed by atoms with Crippen LogP contribution in [0.25, 0.3) is 0 Å². The highest BCUT2D eigenvalue weighted by Crippen LogP contribution is 2.04. The van der Waals surface area contributed by atoms with Crippen molar-refractivity contribution in [1.29, 1.82) is 0 Å². The molecule has 4 heteroatoms. The lowest BCUT2D eigenvalue weighted by Crippen LogP contribution is -1.92. The van der Waals surface area contributed by atoms with Crippen molar-refractivity contribution in [1.82, 2.24) is 4.98 Å². The molecule has 0 atom stereocenters. The minimum atomic E-state index is -0.787. The zero-order chi connectivity index (χ0) is 11.1. The lowest BCUT2D eigenvalue weighted by atomic mass is 10.2. The Hall–Kier alpha value is -1.53. The molecule has 0 amide bonds. The summed E-state index contributed by atoms with van der Waals surface area (Å²) in [5, 5.41) is 8.82. The summed E-state index contributed by atoms with van der Waals surface area (Å²) in [5.41, 5.74) is 0.787. The van der Waals surface area contributed by atoms with Crippen LogP contribution in [-0.2, 0) is 4.79 Å². The summed E-state index contributed by atoms with van der Waals surface area (Å²) in [7, 11) is 0. The number of hydrogen-bond donors (Lipinski definition) is 1. The Bertz CT molecular complexity index is 389. The van der Waals surface area contributed by atoms with Crippen molar-refractivity contribution in [3.05, 3.63) is 29.0 Å². The second-order valence-corrected chi connectivity index (χ2v) is 3.31. The van der Waals surface area contributed by atoms with Gasteiger partial charge in [-0.05, 0) is 18.6 Å². The van der Waals surface area contributed by atoms with Crippen molar-refractivity contribution in [2.24, 2.45) is 0 Å². The molecule has 0 fully saturated rings. The molecule has 1 aromatic rings. The summed E-state index contributed by atoms with van der Waals surface area (Å²) in [6, 6.07) is 3.45. The number of unbranched alkanes of at least 4 members (excludes halogenated alkanes) is 1. The van der Waals surface area contributed by atoms with Crippen molar-refractivity contribution < 1.29 is 9.90 Å². The molecule has 0 aromatic carbocycles. The molecule has 0 radical (unpaired) electrons. The minimum Gasteiger partial charge on any atom is -0.481 e. The van der Waals surface area contributed by atoms with E-state index in [4.69, 9.17) is 16.7 Å². The maximum Gasteiger partial charge on any atom is 0.303 e. The predicted octanol–water partition coefficient (Wildman–Crippen LogP) is 2.34. The van der Waals surface area contributed by atoms with E-state index in [9.17, 15) is 4.79 Å². The van der Waals surface area contributed by atoms with Crippen LogP contribution >= 0.6 is 11.6 Å². The molecule has 0 bridgehead atoms. The number of halogens is 1. The van der Waals surface area contributed by atoms with E-state index in [1.807, 2.05) is 0 Å². The highest BCUT2D eigenvalue weighted by Gasteiger charge is 1.93. The van der Waals surface area contributed by atoms with E-state index in [1.54, 1.807) is 18.3 Å². The van der Waals surface area contributed by atoms with Gasteiger partial charge in [0, 0.05) is 24.6 Å². The summed E-state index contributed by atoms with van der Waals surface area (Å²) in [6.07, 6.45) is 2.90. The van der Waals surface area contributed by atoms with E-state index in [0.717, 1.165) is 5.56 Å². The molecular formula is C11H10ClNO2. The van der Waals surface area contributed by atoms with Crippen molar-refractivity contribution >= 4 is 17.6 Å². The molecule has 0 unspecified atom stereocenters. The van der Waals surface area contributed by atoms with Gasteiger partial charge in [0.15, 0.2) is 0 Å². The Morgan fingerprint density at radius 1 is 1.53 bits per heavy atom. The molecule has 15 heavy (non-hydrogen) atoms. The van der Waals surface area contributed by atoms with Gasteiger partial charge in [-0.1, -0.05) is 23.4 Å². The van der Waals surface area contributed by atoms with Crippen LogP contribution in [0.5, 0.6) is 0 Å². The average Bonchev–Trinajstić information content (AvgIpc) is 2.20. The largest absolute Gasteiger partial charge is 0.481 e. The molecule has 0 aliphatic carbocycles. The second-order valence-electron chi connectivity index (χ2n) is 2.92. The molecule has 78 valence electrons. The van der Waals surface area contributed by atoms with E-state index in [-0.39, 0.29) is 6.42 Å². The van der Waals surface area contributed by atoms with Crippen LogP contribution in [0.4, 0.5) is 0 Å². The Kier molecular flexibility index (Phi) is 4.65. The van der Waals surface area contributed by atoms with Crippen LogP contribution in [0.15, 0.2) is 18.3 Å². The Morgan fingerprint density at radius 3 is 2.93 bits per heavy atom. The van der Waals surface area contributed by atoms with Gasteiger partial charge < -0.3 is 5.11 Å². The number of carbonyl (C=O) groups is 1. The van der Waals surface area contributed by atoms with E-state index in [2.05, 4.69) is 16.8 Å². The molecule has 0 aliphatic rings. The van der Waals surface area contributed by atoms with Gasteiger partial charge in [-0.2, -0.15) is 0 Å². The second kappa shape index (κ2) is 6.05. The zero-order valence-corrected chi connectivity index (χ0v) is 8.79. The third-order valence-corrected chi connectivity index (χ3v) is 1.88. The van der Waals surface area contributed by atoms with Gasteiger partial charge >= 0.3 is 5.97 Å². The SMILES string of the molecule is O=C(O)CCCC#Cc1ccc(Cl)nc1. The maximum atomic E-state index is 10.2. The van der Waals surface area contributed by atoms with Crippen LogP contribution < -0.4 is 0 Å². The molecule has 1 aromatic heterocycles. The molecule has 3 nitrogen and oxygen atoms in total. The van der Waals surface area contributed by atoms with Crippen LogP contribution in [0, 0.1) is 11.8 Å². The van der Waals surface area contributed by atoms with Crippen molar-refractivity contribution in [3.63, 3.8) is 0 Å². The molecule has 0 saturated carbocycles. The Morgan fingerprint density at radius 2 is 2.33 bits per heavy atom. The summed E-state index contributed by atoms with van der Waals surface area (Å²) >= 11 is 5.61. The number of aromatic nitrogens is 1.